The van der Waals surface area contributed by atoms with Crippen molar-refractivity contribution in [2.75, 3.05) is 4.90 Å². The van der Waals surface area contributed by atoms with Gasteiger partial charge in [-0.1, -0.05) is 315 Å². The van der Waals surface area contributed by atoms with Crippen molar-refractivity contribution in [1.29, 1.82) is 0 Å². The lowest BCUT2D eigenvalue weighted by Crippen LogP contribution is -2.17. The maximum absolute atomic E-state index is 2.71. The SMILES string of the molecule is Cc1cccc(-c2ccc3c(c2-c2cccc(C)c2C)-c2c(c(N(c4ccccc4-c4ccccc4)c4ccccc4-c4ccccc4-c4ccccc4)c(-c4ccccc4)c(-c4ccccc4)c2-c2c4c(cc(-c5ccccc5)c2-c2ccccc2)-c2ccccc2C4)C3)c1C. The van der Waals surface area contributed by atoms with Crippen LogP contribution in [0.2, 0.25) is 0 Å². The Balaban J connectivity index is 1.16. The van der Waals surface area contributed by atoms with Crippen molar-refractivity contribution in [3.05, 3.63) is 378 Å². The fourth-order valence-electron chi connectivity index (χ4n) is 16.0. The van der Waals surface area contributed by atoms with E-state index < -0.39 is 0 Å². The summed E-state index contributed by atoms with van der Waals surface area (Å²) >= 11 is 0. The van der Waals surface area contributed by atoms with Crippen LogP contribution in [0.25, 0.3) is 134 Å². The molecule has 1 nitrogen and oxygen atoms in total. The van der Waals surface area contributed by atoms with Crippen molar-refractivity contribution in [3.8, 4) is 134 Å². The lowest BCUT2D eigenvalue weighted by atomic mass is 9.74. The third-order valence-electron chi connectivity index (χ3n) is 20.8. The summed E-state index contributed by atoms with van der Waals surface area (Å²) in [4.78, 5) is 2.71. The van der Waals surface area contributed by atoms with Gasteiger partial charge in [-0.15, -0.1) is 0 Å². The van der Waals surface area contributed by atoms with Gasteiger partial charge in [0.05, 0.1) is 17.1 Å². The molecule has 2 aliphatic carbocycles. The fourth-order valence-corrected chi connectivity index (χ4v) is 16.0. The Hall–Kier alpha value is -11.9. The van der Waals surface area contributed by atoms with Crippen LogP contribution in [0, 0.1) is 27.7 Å². The van der Waals surface area contributed by atoms with E-state index in [1.165, 1.54) is 145 Å². The van der Waals surface area contributed by atoms with Gasteiger partial charge in [0.2, 0.25) is 0 Å². The molecule has 17 rings (SSSR count). The summed E-state index contributed by atoms with van der Waals surface area (Å²) in [5.41, 5.74) is 42.6. The third-order valence-corrected chi connectivity index (χ3v) is 20.8. The van der Waals surface area contributed by atoms with E-state index in [9.17, 15) is 0 Å². The zero-order chi connectivity index (χ0) is 65.1. The van der Waals surface area contributed by atoms with Gasteiger partial charge < -0.3 is 4.90 Å². The van der Waals surface area contributed by atoms with Gasteiger partial charge in [-0.3, -0.25) is 0 Å². The molecule has 15 aromatic rings. The Bertz CT molecular complexity index is 5510. The van der Waals surface area contributed by atoms with E-state index in [0.717, 1.165) is 56.9 Å². The van der Waals surface area contributed by atoms with Crippen molar-refractivity contribution in [2.24, 2.45) is 0 Å². The van der Waals surface area contributed by atoms with Crippen molar-refractivity contribution in [3.63, 3.8) is 0 Å². The molecular formula is C96H71N. The van der Waals surface area contributed by atoms with Crippen LogP contribution >= 0.6 is 0 Å². The number of rotatable bonds is 13. The molecule has 0 bridgehead atoms. The Morgan fingerprint density at radius 1 is 0.206 bits per heavy atom. The number of para-hydroxylation sites is 2. The molecule has 2 aliphatic rings. The molecule has 0 saturated carbocycles. The lowest BCUT2D eigenvalue weighted by Gasteiger charge is -2.36. The molecule has 0 saturated heterocycles. The monoisotopic (exact) mass is 1240 g/mol. The van der Waals surface area contributed by atoms with E-state index in [4.69, 9.17) is 0 Å². The average molecular weight is 1240 g/mol. The van der Waals surface area contributed by atoms with E-state index in [1.807, 2.05) is 0 Å². The molecule has 0 radical (unpaired) electrons. The summed E-state index contributed by atoms with van der Waals surface area (Å²) in [6.45, 7) is 9.22. The molecular weight excluding hydrogens is 1170 g/mol. The summed E-state index contributed by atoms with van der Waals surface area (Å²) in [6, 6.07) is 125. The molecule has 0 aromatic heterocycles. The highest BCUT2D eigenvalue weighted by molar-refractivity contribution is 6.19. The molecule has 0 aliphatic heterocycles. The summed E-state index contributed by atoms with van der Waals surface area (Å²) < 4.78 is 0. The summed E-state index contributed by atoms with van der Waals surface area (Å²) in [5, 5.41) is 0. The number of aryl methyl sites for hydroxylation is 2. The van der Waals surface area contributed by atoms with Crippen LogP contribution in [0.1, 0.15) is 44.5 Å². The Labute approximate surface area is 570 Å². The van der Waals surface area contributed by atoms with Crippen molar-refractivity contribution < 1.29 is 0 Å². The second-order valence-corrected chi connectivity index (χ2v) is 26.2. The summed E-state index contributed by atoms with van der Waals surface area (Å²) in [7, 11) is 0. The largest absolute Gasteiger partial charge is 0.308 e. The average Bonchev–Trinajstić information content (AvgIpc) is 1.60. The first-order valence-electron chi connectivity index (χ1n) is 34.1. The van der Waals surface area contributed by atoms with Crippen molar-refractivity contribution >= 4 is 17.1 Å². The number of hydrogen-bond acceptors (Lipinski definition) is 1. The molecule has 0 spiro atoms. The second-order valence-electron chi connectivity index (χ2n) is 26.2. The first kappa shape index (κ1) is 58.9. The van der Waals surface area contributed by atoms with Gasteiger partial charge in [0.15, 0.2) is 0 Å². The molecule has 0 atom stereocenters. The van der Waals surface area contributed by atoms with Gasteiger partial charge in [-0.2, -0.15) is 0 Å². The topological polar surface area (TPSA) is 3.24 Å². The van der Waals surface area contributed by atoms with Gasteiger partial charge in [0, 0.05) is 28.7 Å². The zero-order valence-electron chi connectivity index (χ0n) is 55.1. The highest BCUT2D eigenvalue weighted by atomic mass is 15.2. The van der Waals surface area contributed by atoms with Crippen molar-refractivity contribution in [1.82, 2.24) is 0 Å². The summed E-state index contributed by atoms with van der Waals surface area (Å²) in [6.07, 6.45) is 1.42. The summed E-state index contributed by atoms with van der Waals surface area (Å²) in [5.74, 6) is 0. The quantitative estimate of drug-likeness (QED) is 0.111. The first-order valence-corrected chi connectivity index (χ1v) is 34.1. The van der Waals surface area contributed by atoms with E-state index >= 15 is 0 Å². The standard InChI is InChI=1S/C96H71N/c1-62-33-31-53-74(64(62)3)81-58-57-73-60-85-94(90(73)92(81)75-54-32-34-63(2)65(75)4)95(93-84-59-72-47-23-24-49-77(72)83(84)61-82(68-39-15-7-16-40-68)88(93)69-41-17-8-18-42-69)89(70-43-19-9-20-44-70)91(71-45-21-10-22-46-71)96(85)97(86-55-29-27-50-78(86)67-37-13-6-14-38-67)87-56-30-28-52-80(87)79-51-26-25-48-76(79)66-35-11-5-12-36-66/h5-58,61H,59-60H2,1-4H3. The van der Waals surface area contributed by atoms with Crippen LogP contribution in [-0.2, 0) is 12.8 Å². The molecule has 0 fully saturated rings. The van der Waals surface area contributed by atoms with E-state index in [1.54, 1.807) is 0 Å². The highest BCUT2D eigenvalue weighted by Crippen LogP contribution is 2.65. The Morgan fingerprint density at radius 2 is 0.619 bits per heavy atom. The van der Waals surface area contributed by atoms with Gasteiger partial charge in [0.25, 0.3) is 0 Å². The minimum absolute atomic E-state index is 0.654. The Kier molecular flexibility index (Phi) is 15.0. The number of hydrogen-bond donors (Lipinski definition) is 0. The van der Waals surface area contributed by atoms with Crippen LogP contribution in [-0.4, -0.2) is 0 Å². The Morgan fingerprint density at radius 3 is 1.22 bits per heavy atom. The van der Waals surface area contributed by atoms with Crippen molar-refractivity contribution in [2.45, 2.75) is 40.5 Å². The van der Waals surface area contributed by atoms with Gasteiger partial charge >= 0.3 is 0 Å². The van der Waals surface area contributed by atoms with E-state index in [0.29, 0.717) is 6.42 Å². The lowest BCUT2D eigenvalue weighted by molar-refractivity contribution is 1.20. The maximum Gasteiger partial charge on any atom is 0.0588 e. The maximum atomic E-state index is 2.71. The highest BCUT2D eigenvalue weighted by Gasteiger charge is 2.41. The molecule has 0 N–H and O–H groups in total. The van der Waals surface area contributed by atoms with Crippen LogP contribution in [0.15, 0.2) is 334 Å². The minimum Gasteiger partial charge on any atom is -0.308 e. The molecule has 0 amide bonds. The normalized spacial score (nSPS) is 11.8. The molecule has 97 heavy (non-hydrogen) atoms. The van der Waals surface area contributed by atoms with Crippen LogP contribution in [0.4, 0.5) is 17.1 Å². The molecule has 0 heterocycles. The molecule has 1 heteroatoms. The number of anilines is 3. The second kappa shape index (κ2) is 24.8. The van der Waals surface area contributed by atoms with Gasteiger partial charge in [-0.05, 0) is 208 Å². The molecule has 0 unspecified atom stereocenters. The molecule has 460 valence electrons. The number of benzene rings is 15. The predicted octanol–water partition coefficient (Wildman–Crippen LogP) is 26.2. The van der Waals surface area contributed by atoms with Crippen LogP contribution < -0.4 is 4.90 Å². The first-order chi connectivity index (χ1) is 47.9. The van der Waals surface area contributed by atoms with E-state index in [-0.39, 0.29) is 0 Å². The van der Waals surface area contributed by atoms with E-state index in [2.05, 4.69) is 366 Å². The van der Waals surface area contributed by atoms with Gasteiger partial charge in [-0.25, -0.2) is 0 Å². The molecule has 15 aromatic carbocycles. The van der Waals surface area contributed by atoms with Crippen LogP contribution in [0.3, 0.4) is 0 Å². The number of nitrogens with zero attached hydrogens (tertiary/aromatic N) is 1. The number of fused-ring (bicyclic) bond motifs is 6. The third kappa shape index (κ3) is 10.1. The van der Waals surface area contributed by atoms with Gasteiger partial charge in [0.1, 0.15) is 0 Å². The fraction of sp³-hybridized carbons (Fsp3) is 0.0625. The zero-order valence-corrected chi connectivity index (χ0v) is 55.1. The minimum atomic E-state index is 0.654. The predicted molar refractivity (Wildman–Crippen MR) is 411 cm³/mol. The smallest absolute Gasteiger partial charge is 0.0588 e. The van der Waals surface area contributed by atoms with Crippen LogP contribution in [0.5, 0.6) is 0 Å².